The summed E-state index contributed by atoms with van der Waals surface area (Å²) in [5.41, 5.74) is 1.26. The molecule has 1 saturated carbocycles. The van der Waals surface area contributed by atoms with E-state index in [1.54, 1.807) is 7.11 Å². The summed E-state index contributed by atoms with van der Waals surface area (Å²) in [4.78, 5) is 4.04. The lowest BCUT2D eigenvalue weighted by Gasteiger charge is -2.21. The summed E-state index contributed by atoms with van der Waals surface area (Å²) in [7, 11) is 1.63. The van der Waals surface area contributed by atoms with Crippen LogP contribution in [0.5, 0.6) is 5.75 Å². The van der Waals surface area contributed by atoms with E-state index in [9.17, 15) is 0 Å². The topological polar surface area (TPSA) is 39.9 Å². The van der Waals surface area contributed by atoms with Crippen LogP contribution in [0, 0.1) is 0 Å². The van der Waals surface area contributed by atoms with Crippen molar-refractivity contribution in [3.8, 4) is 5.75 Å². The van der Waals surface area contributed by atoms with Gasteiger partial charge >= 0.3 is 0 Å². The molecule has 6 heteroatoms. The van der Waals surface area contributed by atoms with Crippen LogP contribution in [0.3, 0.4) is 0 Å². The largest absolute Gasteiger partial charge is 0.495 e. The van der Waals surface area contributed by atoms with Gasteiger partial charge in [-0.25, -0.2) is 9.67 Å². The number of benzene rings is 1. The summed E-state index contributed by atoms with van der Waals surface area (Å²) < 4.78 is 7.09. The minimum Gasteiger partial charge on any atom is -0.495 e. The van der Waals surface area contributed by atoms with Crippen LogP contribution in [-0.2, 0) is 0 Å². The van der Waals surface area contributed by atoms with Crippen molar-refractivity contribution in [2.45, 2.75) is 44.1 Å². The molecule has 1 heterocycles. The molecule has 1 aliphatic carbocycles. The molecule has 1 aliphatic rings. The van der Waals surface area contributed by atoms with Crippen molar-refractivity contribution < 1.29 is 4.74 Å². The van der Waals surface area contributed by atoms with Gasteiger partial charge in [-0.1, -0.05) is 30.5 Å². The van der Waals surface area contributed by atoms with Crippen molar-refractivity contribution in [3.63, 3.8) is 0 Å². The Morgan fingerprint density at radius 2 is 2.05 bits per heavy atom. The normalized spacial score (nSPS) is 22.3. The van der Waals surface area contributed by atoms with Gasteiger partial charge in [0.05, 0.1) is 18.2 Å². The molecule has 0 radical (unpaired) electrons. The monoisotopic (exact) mass is 339 g/mol. The van der Waals surface area contributed by atoms with Crippen LogP contribution in [0.4, 0.5) is 0 Å². The first-order valence-corrected chi connectivity index (χ1v) is 8.33. The molecular weight excluding hydrogens is 321 g/mol. The Morgan fingerprint density at radius 3 is 2.73 bits per heavy atom. The van der Waals surface area contributed by atoms with Crippen LogP contribution in [0.2, 0.25) is 10.3 Å². The lowest BCUT2D eigenvalue weighted by atomic mass is 9.90. The van der Waals surface area contributed by atoms with Gasteiger partial charge in [-0.2, -0.15) is 5.10 Å². The van der Waals surface area contributed by atoms with Crippen LogP contribution in [0.25, 0.3) is 0 Å². The Balaban J connectivity index is 1.84. The average molecular weight is 340 g/mol. The minimum absolute atomic E-state index is 0.295. The number of aromatic nitrogens is 3. The van der Waals surface area contributed by atoms with E-state index in [0.29, 0.717) is 22.3 Å². The van der Waals surface area contributed by atoms with Gasteiger partial charge in [0.15, 0.2) is 0 Å². The Morgan fingerprint density at radius 1 is 1.23 bits per heavy atom. The zero-order chi connectivity index (χ0) is 15.5. The zero-order valence-corrected chi connectivity index (χ0v) is 14.0. The second-order valence-corrected chi connectivity index (χ2v) is 6.48. The molecule has 0 saturated heterocycles. The Bertz CT molecular complexity index is 644. The predicted octanol–water partition coefficient (Wildman–Crippen LogP) is 4.88. The lowest BCUT2D eigenvalue weighted by molar-refractivity contribution is 0.387. The van der Waals surface area contributed by atoms with Crippen molar-refractivity contribution in [3.05, 3.63) is 40.4 Å². The fraction of sp³-hybridized carbons (Fsp3) is 0.500. The Kier molecular flexibility index (Phi) is 4.89. The molecule has 118 valence electrons. The number of methoxy groups -OCH3 is 1. The fourth-order valence-electron chi connectivity index (χ4n) is 3.28. The third-order valence-corrected chi connectivity index (χ3v) is 4.99. The molecule has 0 aliphatic heterocycles. The summed E-state index contributed by atoms with van der Waals surface area (Å²) in [6, 6.07) is 6.38. The molecular formula is C16H19Cl2N3O. The Labute approximate surface area is 140 Å². The molecule has 4 nitrogen and oxygen atoms in total. The molecule has 1 aromatic carbocycles. The average Bonchev–Trinajstić information content (AvgIpc) is 2.80. The van der Waals surface area contributed by atoms with E-state index >= 15 is 0 Å². The van der Waals surface area contributed by atoms with Gasteiger partial charge in [-0.05, 0) is 54.5 Å². The van der Waals surface area contributed by atoms with Crippen molar-refractivity contribution in [1.82, 2.24) is 14.8 Å². The van der Waals surface area contributed by atoms with Gasteiger partial charge < -0.3 is 4.74 Å². The van der Waals surface area contributed by atoms with Crippen molar-refractivity contribution >= 4 is 23.2 Å². The highest BCUT2D eigenvalue weighted by molar-refractivity contribution is 6.32. The van der Waals surface area contributed by atoms with Gasteiger partial charge in [-0.15, -0.1) is 0 Å². The Hall–Kier alpha value is -1.26. The third-order valence-electron chi connectivity index (χ3n) is 4.42. The summed E-state index contributed by atoms with van der Waals surface area (Å²) in [6.45, 7) is 0. The predicted molar refractivity (Wildman–Crippen MR) is 87.9 cm³/mol. The summed E-state index contributed by atoms with van der Waals surface area (Å²) in [5.74, 6) is 1.17. The molecule has 1 fully saturated rings. The number of hydrogen-bond acceptors (Lipinski definition) is 3. The smallest absolute Gasteiger partial charge is 0.221 e. The van der Waals surface area contributed by atoms with E-state index < -0.39 is 0 Å². The van der Waals surface area contributed by atoms with Crippen LogP contribution in [0.1, 0.15) is 49.6 Å². The maximum Gasteiger partial charge on any atom is 0.221 e. The van der Waals surface area contributed by atoms with E-state index in [1.807, 2.05) is 16.8 Å². The highest BCUT2D eigenvalue weighted by Gasteiger charge is 2.25. The van der Waals surface area contributed by atoms with Crippen molar-refractivity contribution in [2.75, 3.05) is 7.11 Å². The second-order valence-electron chi connectivity index (χ2n) is 5.74. The molecule has 2 unspecified atom stereocenters. The fourth-order valence-corrected chi connectivity index (χ4v) is 3.77. The highest BCUT2D eigenvalue weighted by atomic mass is 35.5. The lowest BCUT2D eigenvalue weighted by Crippen LogP contribution is -2.13. The number of hydrogen-bond donors (Lipinski definition) is 0. The van der Waals surface area contributed by atoms with E-state index in [4.69, 9.17) is 27.9 Å². The maximum absolute atomic E-state index is 6.28. The second kappa shape index (κ2) is 6.88. The number of rotatable bonds is 3. The molecule has 0 amide bonds. The van der Waals surface area contributed by atoms with E-state index in [0.717, 1.165) is 25.0 Å². The van der Waals surface area contributed by atoms with Gasteiger partial charge in [0, 0.05) is 0 Å². The van der Waals surface area contributed by atoms with Gasteiger partial charge in [0.1, 0.15) is 12.1 Å². The number of ether oxygens (including phenoxy) is 1. The van der Waals surface area contributed by atoms with Crippen LogP contribution >= 0.6 is 23.2 Å². The minimum atomic E-state index is 0.295. The number of halogens is 2. The van der Waals surface area contributed by atoms with Gasteiger partial charge in [0.2, 0.25) is 5.28 Å². The SMILES string of the molecule is COc1ccc(C2CCCCC(n3ncnc3Cl)C2)cc1Cl. The maximum atomic E-state index is 6.28. The van der Waals surface area contributed by atoms with Gasteiger partial charge in [-0.3, -0.25) is 0 Å². The quantitative estimate of drug-likeness (QED) is 0.748. The highest BCUT2D eigenvalue weighted by Crippen LogP contribution is 2.39. The standard InChI is InChI=1S/C16H19Cl2N3O/c1-22-15-7-6-12(9-14(15)17)11-4-2-3-5-13(8-11)21-16(18)19-10-20-21/h6-7,9-11,13H,2-5,8H2,1H3. The molecule has 0 spiro atoms. The van der Waals surface area contributed by atoms with Crippen molar-refractivity contribution in [2.24, 2.45) is 0 Å². The summed E-state index contributed by atoms with van der Waals surface area (Å²) in [6.07, 6.45) is 7.16. The van der Waals surface area contributed by atoms with Crippen LogP contribution in [-0.4, -0.2) is 21.9 Å². The molecule has 2 aromatic rings. The molecule has 0 bridgehead atoms. The van der Waals surface area contributed by atoms with Crippen LogP contribution < -0.4 is 4.74 Å². The van der Waals surface area contributed by atoms with Crippen molar-refractivity contribution in [1.29, 1.82) is 0 Å². The first kappa shape index (κ1) is 15.6. The molecule has 2 atom stereocenters. The number of nitrogens with zero attached hydrogens (tertiary/aromatic N) is 3. The summed E-state index contributed by atoms with van der Waals surface area (Å²) >= 11 is 12.4. The molecule has 1 aromatic heterocycles. The third kappa shape index (κ3) is 3.23. The first-order valence-electron chi connectivity index (χ1n) is 7.57. The van der Waals surface area contributed by atoms with E-state index in [2.05, 4.69) is 16.1 Å². The summed E-state index contributed by atoms with van der Waals surface area (Å²) in [5, 5.41) is 5.42. The van der Waals surface area contributed by atoms with E-state index in [-0.39, 0.29) is 0 Å². The molecule has 3 rings (SSSR count). The molecule has 22 heavy (non-hydrogen) atoms. The molecule has 0 N–H and O–H groups in total. The van der Waals surface area contributed by atoms with E-state index in [1.165, 1.54) is 24.7 Å². The van der Waals surface area contributed by atoms with Gasteiger partial charge in [0.25, 0.3) is 0 Å². The van der Waals surface area contributed by atoms with Crippen LogP contribution in [0.15, 0.2) is 24.5 Å². The zero-order valence-electron chi connectivity index (χ0n) is 12.5. The first-order chi connectivity index (χ1) is 10.7.